The highest BCUT2D eigenvalue weighted by atomic mass is 79.9. The number of rotatable bonds is 2. The van der Waals surface area contributed by atoms with E-state index in [1.165, 1.54) is 6.07 Å². The molecular formula is C14H9BrF3N3. The van der Waals surface area contributed by atoms with E-state index in [2.05, 4.69) is 26.2 Å². The first-order valence-electron chi connectivity index (χ1n) is 5.82. The maximum atomic E-state index is 12.9. The van der Waals surface area contributed by atoms with Gasteiger partial charge in [-0.1, -0.05) is 0 Å². The van der Waals surface area contributed by atoms with Crippen LogP contribution in [0.4, 0.5) is 24.7 Å². The number of hydrogen-bond donors (Lipinski definition) is 1. The minimum absolute atomic E-state index is 0.208. The van der Waals surface area contributed by atoms with Crippen molar-refractivity contribution in [2.75, 3.05) is 5.32 Å². The molecule has 1 aromatic carbocycles. The van der Waals surface area contributed by atoms with Crippen molar-refractivity contribution in [3.8, 4) is 6.07 Å². The molecule has 0 spiro atoms. The summed E-state index contributed by atoms with van der Waals surface area (Å²) < 4.78 is 39.4. The molecule has 0 fully saturated rings. The Bertz CT molecular complexity index is 720. The molecule has 1 aromatic heterocycles. The largest absolute Gasteiger partial charge is 0.417 e. The van der Waals surface area contributed by atoms with Gasteiger partial charge in [-0.2, -0.15) is 18.4 Å². The zero-order valence-corrected chi connectivity index (χ0v) is 12.4. The average Bonchev–Trinajstić information content (AvgIpc) is 2.43. The van der Waals surface area contributed by atoms with Gasteiger partial charge in [-0.25, -0.2) is 4.98 Å². The average molecular weight is 356 g/mol. The molecule has 1 N–H and O–H groups in total. The zero-order valence-electron chi connectivity index (χ0n) is 10.8. The minimum Gasteiger partial charge on any atom is -0.339 e. The second kappa shape index (κ2) is 5.74. The van der Waals surface area contributed by atoms with Gasteiger partial charge in [0, 0.05) is 11.9 Å². The summed E-state index contributed by atoms with van der Waals surface area (Å²) >= 11 is 3.32. The molecule has 2 aromatic rings. The molecule has 0 aliphatic heterocycles. The maximum absolute atomic E-state index is 12.9. The minimum atomic E-state index is -4.58. The number of pyridine rings is 1. The SMILES string of the molecule is Cc1ccnc(Nc2ccc(C#N)c(C(F)(F)F)c2)c1Br. The van der Waals surface area contributed by atoms with Gasteiger partial charge in [-0.3, -0.25) is 0 Å². The fourth-order valence-corrected chi connectivity index (χ4v) is 2.05. The summed E-state index contributed by atoms with van der Waals surface area (Å²) in [5, 5.41) is 11.6. The monoisotopic (exact) mass is 355 g/mol. The van der Waals surface area contributed by atoms with E-state index in [9.17, 15) is 13.2 Å². The molecule has 0 amide bonds. The van der Waals surface area contributed by atoms with Gasteiger partial charge in [0.15, 0.2) is 0 Å². The highest BCUT2D eigenvalue weighted by molar-refractivity contribution is 9.10. The molecule has 0 saturated heterocycles. The van der Waals surface area contributed by atoms with Gasteiger partial charge >= 0.3 is 6.18 Å². The maximum Gasteiger partial charge on any atom is 0.417 e. The predicted molar refractivity (Wildman–Crippen MR) is 76.1 cm³/mol. The molecule has 0 bridgehead atoms. The quantitative estimate of drug-likeness (QED) is 0.842. The van der Waals surface area contributed by atoms with Crippen LogP contribution in [0.5, 0.6) is 0 Å². The van der Waals surface area contributed by atoms with Crippen molar-refractivity contribution in [2.24, 2.45) is 0 Å². The van der Waals surface area contributed by atoms with E-state index in [4.69, 9.17) is 5.26 Å². The van der Waals surface area contributed by atoms with Gasteiger partial charge in [0.05, 0.1) is 21.7 Å². The van der Waals surface area contributed by atoms with Crippen molar-refractivity contribution < 1.29 is 13.2 Å². The molecule has 21 heavy (non-hydrogen) atoms. The second-order valence-corrected chi connectivity index (χ2v) is 5.08. The summed E-state index contributed by atoms with van der Waals surface area (Å²) in [4.78, 5) is 4.06. The lowest BCUT2D eigenvalue weighted by Crippen LogP contribution is -2.08. The highest BCUT2D eigenvalue weighted by Gasteiger charge is 2.33. The molecule has 1 heterocycles. The first-order valence-corrected chi connectivity index (χ1v) is 6.61. The molecule has 108 valence electrons. The molecule has 3 nitrogen and oxygen atoms in total. The number of aryl methyl sites for hydroxylation is 1. The van der Waals surface area contributed by atoms with Crippen molar-refractivity contribution in [3.63, 3.8) is 0 Å². The summed E-state index contributed by atoms with van der Waals surface area (Å²) in [6.45, 7) is 1.84. The van der Waals surface area contributed by atoms with Crippen molar-refractivity contribution >= 4 is 27.4 Å². The fraction of sp³-hybridized carbons (Fsp3) is 0.143. The van der Waals surface area contributed by atoms with E-state index < -0.39 is 17.3 Å². The first-order chi connectivity index (χ1) is 9.82. The Kier molecular flexibility index (Phi) is 4.19. The van der Waals surface area contributed by atoms with Crippen LogP contribution >= 0.6 is 15.9 Å². The molecule has 0 aliphatic carbocycles. The third-order valence-corrected chi connectivity index (χ3v) is 3.79. The molecular weight excluding hydrogens is 347 g/mol. The molecule has 0 unspecified atom stereocenters. The Morgan fingerprint density at radius 1 is 1.29 bits per heavy atom. The predicted octanol–water partition coefficient (Wildman–Crippen LogP) is 4.79. The van der Waals surface area contributed by atoms with Crippen molar-refractivity contribution in [1.82, 2.24) is 4.98 Å². The van der Waals surface area contributed by atoms with Crippen molar-refractivity contribution in [3.05, 3.63) is 51.6 Å². The van der Waals surface area contributed by atoms with E-state index in [1.807, 2.05) is 6.92 Å². The number of anilines is 2. The van der Waals surface area contributed by atoms with E-state index in [0.29, 0.717) is 10.3 Å². The fourth-order valence-electron chi connectivity index (χ4n) is 1.72. The summed E-state index contributed by atoms with van der Waals surface area (Å²) in [7, 11) is 0. The Morgan fingerprint density at radius 3 is 2.62 bits per heavy atom. The van der Waals surface area contributed by atoms with E-state index in [1.54, 1.807) is 18.3 Å². The normalized spacial score (nSPS) is 11.0. The van der Waals surface area contributed by atoms with E-state index >= 15 is 0 Å². The molecule has 2 rings (SSSR count). The Balaban J connectivity index is 2.43. The summed E-state index contributed by atoms with van der Waals surface area (Å²) in [5.74, 6) is 0.410. The topological polar surface area (TPSA) is 48.7 Å². The van der Waals surface area contributed by atoms with Crippen LogP contribution in [0.25, 0.3) is 0 Å². The number of aromatic nitrogens is 1. The molecule has 0 aliphatic rings. The third kappa shape index (κ3) is 3.34. The van der Waals surface area contributed by atoms with Gasteiger partial charge in [-0.15, -0.1) is 0 Å². The van der Waals surface area contributed by atoms with E-state index in [0.717, 1.165) is 17.7 Å². The summed E-state index contributed by atoms with van der Waals surface area (Å²) in [5.41, 5.74) is -0.277. The Hall–Kier alpha value is -2.07. The van der Waals surface area contributed by atoms with Gasteiger partial charge in [-0.05, 0) is 52.7 Å². The number of nitriles is 1. The number of benzene rings is 1. The van der Waals surface area contributed by atoms with Crippen molar-refractivity contribution in [1.29, 1.82) is 5.26 Å². The van der Waals surface area contributed by atoms with Crippen LogP contribution in [0, 0.1) is 18.3 Å². The van der Waals surface area contributed by atoms with Crippen molar-refractivity contribution in [2.45, 2.75) is 13.1 Å². The standard InChI is InChI=1S/C14H9BrF3N3/c1-8-4-5-20-13(12(8)15)21-10-3-2-9(7-19)11(6-10)14(16,17)18/h2-6H,1H3,(H,20,21). The molecule has 0 radical (unpaired) electrons. The van der Waals surface area contributed by atoms with Gasteiger partial charge < -0.3 is 5.32 Å². The number of alkyl halides is 3. The van der Waals surface area contributed by atoms with Gasteiger partial charge in [0.25, 0.3) is 0 Å². The smallest absolute Gasteiger partial charge is 0.339 e. The molecule has 7 heteroatoms. The van der Waals surface area contributed by atoms with Crippen LogP contribution < -0.4 is 5.32 Å². The van der Waals surface area contributed by atoms with Crippen LogP contribution in [0.15, 0.2) is 34.9 Å². The molecule has 0 saturated carbocycles. The lowest BCUT2D eigenvalue weighted by Gasteiger charge is -2.13. The van der Waals surface area contributed by atoms with Crippen LogP contribution in [0.3, 0.4) is 0 Å². The van der Waals surface area contributed by atoms with Crippen LogP contribution in [-0.4, -0.2) is 4.98 Å². The number of halogens is 4. The Morgan fingerprint density at radius 2 is 2.00 bits per heavy atom. The van der Waals surface area contributed by atoms with Crippen LogP contribution in [0.1, 0.15) is 16.7 Å². The van der Waals surface area contributed by atoms with E-state index in [-0.39, 0.29) is 5.69 Å². The van der Waals surface area contributed by atoms with Crippen LogP contribution in [-0.2, 0) is 6.18 Å². The lowest BCUT2D eigenvalue weighted by molar-refractivity contribution is -0.137. The molecule has 0 atom stereocenters. The summed E-state index contributed by atoms with van der Waals surface area (Å²) in [6.07, 6.45) is -3.03. The lowest BCUT2D eigenvalue weighted by atomic mass is 10.1. The van der Waals surface area contributed by atoms with Gasteiger partial charge in [0.1, 0.15) is 5.82 Å². The number of nitrogens with zero attached hydrogens (tertiary/aromatic N) is 2. The summed E-state index contributed by atoms with van der Waals surface area (Å²) in [6, 6.07) is 6.75. The zero-order chi connectivity index (χ0) is 15.6. The number of hydrogen-bond acceptors (Lipinski definition) is 3. The third-order valence-electron chi connectivity index (χ3n) is 2.79. The number of nitrogens with one attached hydrogen (secondary N) is 1. The Labute approximate surface area is 127 Å². The van der Waals surface area contributed by atoms with Gasteiger partial charge in [0.2, 0.25) is 0 Å². The second-order valence-electron chi connectivity index (χ2n) is 4.29. The van der Waals surface area contributed by atoms with Crippen LogP contribution in [0.2, 0.25) is 0 Å². The first kappa shape index (κ1) is 15.3. The highest BCUT2D eigenvalue weighted by Crippen LogP contribution is 2.35.